The van der Waals surface area contributed by atoms with Crippen molar-refractivity contribution in [2.24, 2.45) is 0 Å². The van der Waals surface area contributed by atoms with Crippen molar-refractivity contribution < 1.29 is 9.53 Å². The van der Waals surface area contributed by atoms with E-state index in [9.17, 15) is 14.9 Å². The van der Waals surface area contributed by atoms with Gasteiger partial charge >= 0.3 is 0 Å². The van der Waals surface area contributed by atoms with Crippen LogP contribution in [0, 0.1) is 11.3 Å². The van der Waals surface area contributed by atoms with Crippen LogP contribution in [0.1, 0.15) is 73.9 Å². The molecular weight excluding hydrogens is 490 g/mol. The monoisotopic (exact) mass is 521 g/mol. The number of hydrogen-bond acceptors (Lipinski definition) is 6. The fourth-order valence-electron chi connectivity index (χ4n) is 6.32. The van der Waals surface area contributed by atoms with Gasteiger partial charge in [-0.3, -0.25) is 14.2 Å². The summed E-state index contributed by atoms with van der Waals surface area (Å²) < 4.78 is 9.58. The molecule has 0 N–H and O–H groups in total. The largest absolute Gasteiger partial charge is 0.367 e. The summed E-state index contributed by atoms with van der Waals surface area (Å²) >= 11 is 0. The lowest BCUT2D eigenvalue weighted by Crippen LogP contribution is -2.39. The standard InChI is InChI=1S/C31H31N5O3/c1-2-5-28-27(16-21-8-10-22(11-9-21)26-7-4-3-6-23(26)18-32)29(38)35(30-33-20-34-36(28)30)24-12-14-31(15-13-24)17-25(37)19-39-31/h3-4,6-11,20,24H,2,5,12-17,19H2,1H3. The van der Waals surface area contributed by atoms with E-state index in [1.165, 1.54) is 6.33 Å². The molecule has 1 saturated carbocycles. The van der Waals surface area contributed by atoms with Gasteiger partial charge in [0.2, 0.25) is 5.78 Å². The van der Waals surface area contributed by atoms with E-state index >= 15 is 0 Å². The van der Waals surface area contributed by atoms with Gasteiger partial charge in [-0.05, 0) is 54.9 Å². The van der Waals surface area contributed by atoms with E-state index in [0.29, 0.717) is 24.2 Å². The Hall–Kier alpha value is -4.09. The minimum atomic E-state index is -0.363. The van der Waals surface area contributed by atoms with Crippen molar-refractivity contribution in [3.8, 4) is 17.2 Å². The molecule has 0 unspecified atom stereocenters. The molecule has 0 bridgehead atoms. The Labute approximate surface area is 226 Å². The van der Waals surface area contributed by atoms with Gasteiger partial charge in [0.1, 0.15) is 12.9 Å². The third-order valence-electron chi connectivity index (χ3n) is 8.30. The molecule has 1 saturated heterocycles. The van der Waals surface area contributed by atoms with Crippen LogP contribution in [0.5, 0.6) is 0 Å². The summed E-state index contributed by atoms with van der Waals surface area (Å²) in [7, 11) is 0. The SMILES string of the molecule is CCCc1c(Cc2ccc(-c3ccccc3C#N)cc2)c(=O)n(C2CCC3(CC2)CC(=O)CO3)c2ncnn12. The average Bonchev–Trinajstić information content (AvgIpc) is 3.59. The average molecular weight is 522 g/mol. The van der Waals surface area contributed by atoms with E-state index in [1.54, 1.807) is 0 Å². The third-order valence-corrected chi connectivity index (χ3v) is 8.30. The number of ketones is 1. The molecule has 8 nitrogen and oxygen atoms in total. The summed E-state index contributed by atoms with van der Waals surface area (Å²) in [6, 6.07) is 17.9. The van der Waals surface area contributed by atoms with Crippen molar-refractivity contribution >= 4 is 11.6 Å². The number of Topliss-reactive ketones (excluding diaryl/α,β-unsaturated/α-hetero) is 1. The number of carbonyl (C=O) groups is 1. The summed E-state index contributed by atoms with van der Waals surface area (Å²) in [6.45, 7) is 2.30. The van der Waals surface area contributed by atoms with E-state index in [2.05, 4.69) is 23.1 Å². The molecule has 2 aromatic heterocycles. The van der Waals surface area contributed by atoms with E-state index in [4.69, 9.17) is 4.74 Å². The highest BCUT2D eigenvalue weighted by atomic mass is 16.5. The summed E-state index contributed by atoms with van der Waals surface area (Å²) in [5.41, 5.74) is 4.80. The number of benzene rings is 2. The first-order valence-electron chi connectivity index (χ1n) is 13.7. The van der Waals surface area contributed by atoms with E-state index < -0.39 is 0 Å². The zero-order valence-electron chi connectivity index (χ0n) is 22.1. The maximum Gasteiger partial charge on any atom is 0.259 e. The van der Waals surface area contributed by atoms with Gasteiger partial charge in [-0.25, -0.2) is 4.52 Å². The molecule has 3 heterocycles. The normalized spacial score (nSPS) is 21.0. The Bertz CT molecular complexity index is 1640. The predicted octanol–water partition coefficient (Wildman–Crippen LogP) is 4.82. The fraction of sp³-hybridized carbons (Fsp3) is 0.387. The predicted molar refractivity (Wildman–Crippen MR) is 146 cm³/mol. The zero-order valence-corrected chi connectivity index (χ0v) is 22.1. The summed E-state index contributed by atoms with van der Waals surface area (Å²) in [5.74, 6) is 0.749. The van der Waals surface area contributed by atoms with Crippen LogP contribution in [0.25, 0.3) is 16.9 Å². The minimum absolute atomic E-state index is 0.0118. The highest BCUT2D eigenvalue weighted by molar-refractivity contribution is 5.82. The number of fused-ring (bicyclic) bond motifs is 1. The van der Waals surface area contributed by atoms with Crippen LogP contribution in [-0.4, -0.2) is 37.2 Å². The van der Waals surface area contributed by atoms with Crippen molar-refractivity contribution in [3.63, 3.8) is 0 Å². The number of carbonyl (C=O) groups excluding carboxylic acids is 1. The lowest BCUT2D eigenvalue weighted by atomic mass is 9.80. The summed E-state index contributed by atoms with van der Waals surface area (Å²) in [4.78, 5) is 30.6. The number of hydrogen-bond donors (Lipinski definition) is 0. The molecule has 2 aromatic carbocycles. The summed E-state index contributed by atoms with van der Waals surface area (Å²) in [5, 5.41) is 14.0. The van der Waals surface area contributed by atoms with Gasteiger partial charge < -0.3 is 4.74 Å². The molecule has 0 atom stereocenters. The zero-order chi connectivity index (χ0) is 27.0. The fourth-order valence-corrected chi connectivity index (χ4v) is 6.32. The number of aromatic nitrogens is 4. The number of nitriles is 1. The highest BCUT2D eigenvalue weighted by Gasteiger charge is 2.43. The van der Waals surface area contributed by atoms with Crippen LogP contribution in [-0.2, 0) is 22.4 Å². The highest BCUT2D eigenvalue weighted by Crippen LogP contribution is 2.42. The molecule has 198 valence electrons. The van der Waals surface area contributed by atoms with Gasteiger partial charge in [-0.1, -0.05) is 55.8 Å². The number of nitrogens with zero attached hydrogens (tertiary/aromatic N) is 5. The Morgan fingerprint density at radius 1 is 1.10 bits per heavy atom. The van der Waals surface area contributed by atoms with E-state index in [0.717, 1.165) is 66.5 Å². The van der Waals surface area contributed by atoms with Crippen molar-refractivity contribution in [1.82, 2.24) is 19.2 Å². The van der Waals surface area contributed by atoms with Crippen molar-refractivity contribution in [2.75, 3.05) is 6.61 Å². The van der Waals surface area contributed by atoms with Crippen LogP contribution < -0.4 is 5.56 Å². The van der Waals surface area contributed by atoms with E-state index in [-0.39, 0.29) is 29.6 Å². The first kappa shape index (κ1) is 25.2. The number of aryl methyl sites for hydroxylation is 1. The second kappa shape index (κ2) is 10.2. The molecule has 2 aliphatic rings. The molecule has 4 aromatic rings. The van der Waals surface area contributed by atoms with E-state index in [1.807, 2.05) is 57.6 Å². The summed E-state index contributed by atoms with van der Waals surface area (Å²) in [6.07, 6.45) is 7.13. The second-order valence-corrected chi connectivity index (χ2v) is 10.8. The molecule has 1 aliphatic carbocycles. The molecule has 1 aliphatic heterocycles. The van der Waals surface area contributed by atoms with Crippen molar-refractivity contribution in [1.29, 1.82) is 5.26 Å². The Morgan fingerprint density at radius 3 is 2.56 bits per heavy atom. The molecule has 6 rings (SSSR count). The van der Waals surface area contributed by atoms with Crippen LogP contribution in [0.4, 0.5) is 0 Å². The van der Waals surface area contributed by atoms with Crippen LogP contribution in [0.2, 0.25) is 0 Å². The van der Waals surface area contributed by atoms with Crippen LogP contribution >= 0.6 is 0 Å². The number of rotatable bonds is 6. The van der Waals surface area contributed by atoms with Crippen molar-refractivity contribution in [2.45, 2.75) is 69.9 Å². The molecule has 2 fully saturated rings. The quantitative estimate of drug-likeness (QED) is 0.361. The van der Waals surface area contributed by atoms with Gasteiger partial charge in [0.25, 0.3) is 5.56 Å². The Morgan fingerprint density at radius 2 is 1.87 bits per heavy atom. The molecule has 0 amide bonds. The second-order valence-electron chi connectivity index (χ2n) is 10.8. The Kier molecular flexibility index (Phi) is 6.61. The molecular formula is C31H31N5O3. The van der Waals surface area contributed by atoms with Crippen molar-refractivity contribution in [3.05, 3.63) is 87.6 Å². The Balaban J connectivity index is 1.36. The first-order chi connectivity index (χ1) is 19.0. The lowest BCUT2D eigenvalue weighted by Gasteiger charge is -2.36. The number of ether oxygens (including phenoxy) is 1. The van der Waals surface area contributed by atoms with Gasteiger partial charge in [-0.2, -0.15) is 15.3 Å². The maximum absolute atomic E-state index is 14.2. The third kappa shape index (κ3) is 4.57. The molecule has 0 radical (unpaired) electrons. The minimum Gasteiger partial charge on any atom is -0.367 e. The van der Waals surface area contributed by atoms with Crippen LogP contribution in [0.15, 0.2) is 59.7 Å². The van der Waals surface area contributed by atoms with Gasteiger partial charge in [0.15, 0.2) is 5.78 Å². The molecule has 8 heteroatoms. The van der Waals surface area contributed by atoms with Gasteiger partial charge in [0.05, 0.1) is 22.9 Å². The van der Waals surface area contributed by atoms with Crippen LogP contribution in [0.3, 0.4) is 0 Å². The molecule has 39 heavy (non-hydrogen) atoms. The van der Waals surface area contributed by atoms with Gasteiger partial charge in [0, 0.05) is 24.4 Å². The smallest absolute Gasteiger partial charge is 0.259 e. The topological polar surface area (TPSA) is 102 Å². The first-order valence-corrected chi connectivity index (χ1v) is 13.7. The molecule has 1 spiro atoms. The maximum atomic E-state index is 14.2. The lowest BCUT2D eigenvalue weighted by molar-refractivity contribution is -0.117. The van der Waals surface area contributed by atoms with Gasteiger partial charge in [-0.15, -0.1) is 0 Å².